The van der Waals surface area contributed by atoms with Gasteiger partial charge >= 0.3 is 0 Å². The standard InChI is InChI=1S/C17H21N5O/c1-14-4-2-3-5-15(14)12-19-16-6-7-18-17(20-16)22-10-8-21(13-23)9-11-22/h2-7,13H,8-12H2,1H3,(H,18,19,20). The molecular weight excluding hydrogens is 290 g/mol. The first kappa shape index (κ1) is 15.3. The molecule has 120 valence electrons. The highest BCUT2D eigenvalue weighted by Crippen LogP contribution is 2.14. The number of aryl methyl sites for hydroxylation is 1. The number of carbonyl (C=O) groups excluding carboxylic acids is 1. The molecule has 0 atom stereocenters. The Morgan fingerprint density at radius 2 is 1.96 bits per heavy atom. The molecule has 1 N–H and O–H groups in total. The zero-order valence-corrected chi connectivity index (χ0v) is 13.3. The highest BCUT2D eigenvalue weighted by Gasteiger charge is 2.17. The molecule has 1 aromatic carbocycles. The second kappa shape index (κ2) is 7.09. The van der Waals surface area contributed by atoms with Crippen molar-refractivity contribution in [2.45, 2.75) is 13.5 Å². The molecule has 1 amide bonds. The van der Waals surface area contributed by atoms with E-state index in [2.05, 4.69) is 39.2 Å². The van der Waals surface area contributed by atoms with Crippen molar-refractivity contribution in [3.8, 4) is 0 Å². The van der Waals surface area contributed by atoms with Crippen LogP contribution in [-0.2, 0) is 11.3 Å². The Bertz CT molecular complexity index is 668. The zero-order chi connectivity index (χ0) is 16.1. The molecule has 1 saturated heterocycles. The van der Waals surface area contributed by atoms with E-state index >= 15 is 0 Å². The van der Waals surface area contributed by atoms with E-state index in [0.29, 0.717) is 19.0 Å². The van der Waals surface area contributed by atoms with Crippen molar-refractivity contribution in [1.29, 1.82) is 0 Å². The fraction of sp³-hybridized carbons (Fsp3) is 0.353. The molecule has 2 aromatic rings. The lowest BCUT2D eigenvalue weighted by atomic mass is 10.1. The summed E-state index contributed by atoms with van der Waals surface area (Å²) in [6.45, 7) is 5.80. The van der Waals surface area contributed by atoms with Crippen molar-refractivity contribution in [2.75, 3.05) is 36.4 Å². The number of anilines is 2. The molecule has 0 spiro atoms. The summed E-state index contributed by atoms with van der Waals surface area (Å²) in [6, 6.07) is 10.2. The van der Waals surface area contributed by atoms with E-state index in [4.69, 9.17) is 0 Å². The molecule has 6 nitrogen and oxygen atoms in total. The minimum absolute atomic E-state index is 0.713. The van der Waals surface area contributed by atoms with Crippen molar-refractivity contribution >= 4 is 18.2 Å². The summed E-state index contributed by atoms with van der Waals surface area (Å²) < 4.78 is 0. The fourth-order valence-corrected chi connectivity index (χ4v) is 2.62. The monoisotopic (exact) mass is 311 g/mol. The van der Waals surface area contributed by atoms with E-state index in [1.807, 2.05) is 18.2 Å². The number of hydrogen-bond donors (Lipinski definition) is 1. The molecule has 1 fully saturated rings. The highest BCUT2D eigenvalue weighted by atomic mass is 16.1. The fourth-order valence-electron chi connectivity index (χ4n) is 2.62. The van der Waals surface area contributed by atoms with Gasteiger partial charge in [-0.15, -0.1) is 0 Å². The van der Waals surface area contributed by atoms with Crippen molar-refractivity contribution in [1.82, 2.24) is 14.9 Å². The maximum atomic E-state index is 10.8. The molecule has 1 aromatic heterocycles. The Labute approximate surface area is 136 Å². The number of benzene rings is 1. The molecule has 0 radical (unpaired) electrons. The number of amides is 1. The third kappa shape index (κ3) is 3.77. The van der Waals surface area contributed by atoms with Gasteiger partial charge in [0.05, 0.1) is 0 Å². The van der Waals surface area contributed by atoms with Crippen LogP contribution in [0.25, 0.3) is 0 Å². The number of piperazine rings is 1. The Kier molecular flexibility index (Phi) is 4.71. The molecule has 3 rings (SSSR count). The molecular formula is C17H21N5O. The predicted molar refractivity (Wildman–Crippen MR) is 90.4 cm³/mol. The van der Waals surface area contributed by atoms with E-state index in [9.17, 15) is 4.79 Å². The Morgan fingerprint density at radius 3 is 2.70 bits per heavy atom. The molecule has 1 aliphatic rings. The van der Waals surface area contributed by atoms with Crippen LogP contribution in [0.15, 0.2) is 36.5 Å². The van der Waals surface area contributed by atoms with Crippen molar-refractivity contribution < 1.29 is 4.79 Å². The lowest BCUT2D eigenvalue weighted by molar-refractivity contribution is -0.118. The lowest BCUT2D eigenvalue weighted by Gasteiger charge is -2.32. The summed E-state index contributed by atoms with van der Waals surface area (Å²) in [5.74, 6) is 1.53. The van der Waals surface area contributed by atoms with Crippen molar-refractivity contribution in [2.24, 2.45) is 0 Å². The number of carbonyl (C=O) groups is 1. The van der Waals surface area contributed by atoms with Crippen LogP contribution in [0.5, 0.6) is 0 Å². The third-order valence-electron chi connectivity index (χ3n) is 4.11. The molecule has 0 aliphatic carbocycles. The largest absolute Gasteiger partial charge is 0.366 e. The normalized spacial score (nSPS) is 14.7. The number of aromatic nitrogens is 2. The first-order valence-electron chi connectivity index (χ1n) is 7.82. The van der Waals surface area contributed by atoms with Crippen LogP contribution in [0.4, 0.5) is 11.8 Å². The number of nitrogens with zero attached hydrogens (tertiary/aromatic N) is 4. The van der Waals surface area contributed by atoms with Crippen molar-refractivity contribution in [3.63, 3.8) is 0 Å². The summed E-state index contributed by atoms with van der Waals surface area (Å²) >= 11 is 0. The SMILES string of the molecule is Cc1ccccc1CNc1ccnc(N2CCN(C=O)CC2)n1. The molecule has 6 heteroatoms. The van der Waals surface area contributed by atoms with Gasteiger partial charge in [-0.25, -0.2) is 4.98 Å². The van der Waals surface area contributed by atoms with E-state index in [-0.39, 0.29) is 0 Å². The Morgan fingerprint density at radius 1 is 1.17 bits per heavy atom. The summed E-state index contributed by atoms with van der Waals surface area (Å²) in [5.41, 5.74) is 2.52. The minimum Gasteiger partial charge on any atom is -0.366 e. The molecule has 2 heterocycles. The van der Waals surface area contributed by atoms with E-state index < -0.39 is 0 Å². The van der Waals surface area contributed by atoms with Gasteiger partial charge in [0, 0.05) is 38.9 Å². The Balaban J connectivity index is 1.64. The predicted octanol–water partition coefficient (Wildman–Crippen LogP) is 1.68. The van der Waals surface area contributed by atoms with E-state index in [1.54, 1.807) is 11.1 Å². The smallest absolute Gasteiger partial charge is 0.227 e. The lowest BCUT2D eigenvalue weighted by Crippen LogP contribution is -2.46. The Hall–Kier alpha value is -2.63. The van der Waals surface area contributed by atoms with Crippen LogP contribution in [0.2, 0.25) is 0 Å². The topological polar surface area (TPSA) is 61.4 Å². The average molecular weight is 311 g/mol. The summed E-state index contributed by atoms with van der Waals surface area (Å²) in [7, 11) is 0. The number of hydrogen-bond acceptors (Lipinski definition) is 5. The molecule has 1 aliphatic heterocycles. The molecule has 0 bridgehead atoms. The van der Waals surface area contributed by atoms with E-state index in [0.717, 1.165) is 31.9 Å². The first-order chi connectivity index (χ1) is 11.3. The molecule has 0 unspecified atom stereocenters. The maximum Gasteiger partial charge on any atom is 0.227 e. The van der Waals surface area contributed by atoms with Gasteiger partial charge in [0.15, 0.2) is 0 Å². The van der Waals surface area contributed by atoms with Gasteiger partial charge in [-0.05, 0) is 24.1 Å². The van der Waals surface area contributed by atoms with Crippen molar-refractivity contribution in [3.05, 3.63) is 47.7 Å². The maximum absolute atomic E-state index is 10.8. The summed E-state index contributed by atoms with van der Waals surface area (Å²) in [6.07, 6.45) is 2.67. The highest BCUT2D eigenvalue weighted by molar-refractivity contribution is 5.49. The van der Waals surface area contributed by atoms with Gasteiger partial charge in [-0.2, -0.15) is 4.98 Å². The van der Waals surface area contributed by atoms with Crippen LogP contribution in [0.1, 0.15) is 11.1 Å². The van der Waals surface area contributed by atoms with Gasteiger partial charge in [-0.1, -0.05) is 24.3 Å². The van der Waals surface area contributed by atoms with Crippen LogP contribution >= 0.6 is 0 Å². The number of rotatable bonds is 5. The first-order valence-corrected chi connectivity index (χ1v) is 7.82. The second-order valence-corrected chi connectivity index (χ2v) is 5.65. The average Bonchev–Trinajstić information content (AvgIpc) is 2.61. The van der Waals surface area contributed by atoms with Crippen LogP contribution < -0.4 is 10.2 Å². The van der Waals surface area contributed by atoms with Crippen LogP contribution in [-0.4, -0.2) is 47.5 Å². The van der Waals surface area contributed by atoms with Gasteiger partial charge in [0.2, 0.25) is 12.4 Å². The number of nitrogens with one attached hydrogen (secondary N) is 1. The molecule has 23 heavy (non-hydrogen) atoms. The van der Waals surface area contributed by atoms with Crippen LogP contribution in [0.3, 0.4) is 0 Å². The quantitative estimate of drug-likeness (QED) is 0.851. The zero-order valence-electron chi connectivity index (χ0n) is 13.3. The molecule has 0 saturated carbocycles. The summed E-state index contributed by atoms with van der Waals surface area (Å²) in [4.78, 5) is 23.6. The van der Waals surface area contributed by atoms with Gasteiger partial charge < -0.3 is 15.1 Å². The van der Waals surface area contributed by atoms with Gasteiger partial charge in [0.1, 0.15) is 5.82 Å². The van der Waals surface area contributed by atoms with Gasteiger partial charge in [0.25, 0.3) is 0 Å². The third-order valence-corrected chi connectivity index (χ3v) is 4.11. The summed E-state index contributed by atoms with van der Waals surface area (Å²) in [5, 5.41) is 3.36. The van der Waals surface area contributed by atoms with Gasteiger partial charge in [-0.3, -0.25) is 4.79 Å². The second-order valence-electron chi connectivity index (χ2n) is 5.65. The van der Waals surface area contributed by atoms with Crippen LogP contribution in [0, 0.1) is 6.92 Å². The van der Waals surface area contributed by atoms with E-state index in [1.165, 1.54) is 11.1 Å². The minimum atomic E-state index is 0.713.